The summed E-state index contributed by atoms with van der Waals surface area (Å²) in [5.41, 5.74) is 3.62. The van der Waals surface area contributed by atoms with Gasteiger partial charge in [-0.1, -0.05) is 19.1 Å². The van der Waals surface area contributed by atoms with Crippen LogP contribution < -0.4 is 10.0 Å². The second kappa shape index (κ2) is 8.98. The van der Waals surface area contributed by atoms with Crippen LogP contribution in [0.1, 0.15) is 18.9 Å². The van der Waals surface area contributed by atoms with Crippen molar-refractivity contribution in [1.29, 1.82) is 0 Å². The standard InChI is InChI=1S/C17H27N5O2S/c1-4-11-25(23,24)21-16-7-5-14(6-8-16)17-15(12-19-20-17)13-22(3)10-9-18-2/h5-8,12,18,21H,4,9-11,13H2,1-3H3,(H,19,20). The second-order valence-electron chi connectivity index (χ2n) is 6.11. The van der Waals surface area contributed by atoms with Crippen molar-refractivity contribution in [2.75, 3.05) is 37.7 Å². The third kappa shape index (κ3) is 5.84. The van der Waals surface area contributed by atoms with Crippen molar-refractivity contribution in [1.82, 2.24) is 20.4 Å². The van der Waals surface area contributed by atoms with Gasteiger partial charge < -0.3 is 10.2 Å². The molecule has 1 aromatic heterocycles. The molecule has 0 spiro atoms. The fourth-order valence-electron chi connectivity index (χ4n) is 2.56. The smallest absolute Gasteiger partial charge is 0.232 e. The number of nitrogens with one attached hydrogen (secondary N) is 3. The highest BCUT2D eigenvalue weighted by atomic mass is 32.2. The summed E-state index contributed by atoms with van der Waals surface area (Å²) in [6.45, 7) is 4.50. The Kier molecular flexibility index (Phi) is 6.98. The van der Waals surface area contributed by atoms with Crippen molar-refractivity contribution in [2.24, 2.45) is 0 Å². The number of aromatic amines is 1. The minimum absolute atomic E-state index is 0.123. The fraction of sp³-hybridized carbons (Fsp3) is 0.471. The molecule has 25 heavy (non-hydrogen) atoms. The molecule has 0 aliphatic carbocycles. The molecule has 0 bridgehead atoms. The lowest BCUT2D eigenvalue weighted by atomic mass is 10.1. The van der Waals surface area contributed by atoms with Gasteiger partial charge in [-0.15, -0.1) is 0 Å². The van der Waals surface area contributed by atoms with Crippen molar-refractivity contribution in [3.05, 3.63) is 36.0 Å². The van der Waals surface area contributed by atoms with Crippen molar-refractivity contribution in [2.45, 2.75) is 19.9 Å². The molecule has 0 aliphatic rings. The quantitative estimate of drug-likeness (QED) is 0.598. The summed E-state index contributed by atoms with van der Waals surface area (Å²) in [6.07, 6.45) is 2.43. The van der Waals surface area contributed by atoms with E-state index in [-0.39, 0.29) is 5.75 Å². The maximum atomic E-state index is 11.8. The molecule has 1 heterocycles. The van der Waals surface area contributed by atoms with Gasteiger partial charge in [0.25, 0.3) is 0 Å². The summed E-state index contributed by atoms with van der Waals surface area (Å²) in [5, 5.41) is 10.3. The molecule has 1 aromatic carbocycles. The van der Waals surface area contributed by atoms with E-state index in [1.807, 2.05) is 32.3 Å². The van der Waals surface area contributed by atoms with Crippen molar-refractivity contribution < 1.29 is 8.42 Å². The topological polar surface area (TPSA) is 90.1 Å². The number of anilines is 1. The fourth-order valence-corrected chi connectivity index (χ4v) is 3.69. The van der Waals surface area contributed by atoms with Crippen molar-refractivity contribution in [3.8, 4) is 11.3 Å². The SMILES string of the molecule is CCCS(=O)(=O)Nc1ccc(-c2[nH]ncc2CN(C)CCNC)cc1. The van der Waals surface area contributed by atoms with E-state index in [0.717, 1.165) is 36.5 Å². The first-order valence-corrected chi connectivity index (χ1v) is 10.1. The van der Waals surface area contributed by atoms with Crippen LogP contribution in [0.5, 0.6) is 0 Å². The maximum absolute atomic E-state index is 11.8. The molecule has 0 atom stereocenters. The van der Waals surface area contributed by atoms with Crippen LogP contribution in [0.15, 0.2) is 30.5 Å². The van der Waals surface area contributed by atoms with Gasteiger partial charge in [-0.2, -0.15) is 5.10 Å². The molecule has 0 radical (unpaired) electrons. The van der Waals surface area contributed by atoms with E-state index in [1.54, 1.807) is 12.1 Å². The van der Waals surface area contributed by atoms with E-state index in [2.05, 4.69) is 32.2 Å². The molecule has 0 unspecified atom stereocenters. The summed E-state index contributed by atoms with van der Waals surface area (Å²) in [7, 11) is 0.740. The number of sulfonamides is 1. The minimum Gasteiger partial charge on any atom is -0.318 e. The third-order valence-electron chi connectivity index (χ3n) is 3.82. The van der Waals surface area contributed by atoms with Gasteiger partial charge in [0.15, 0.2) is 0 Å². The predicted molar refractivity (Wildman–Crippen MR) is 102 cm³/mol. The van der Waals surface area contributed by atoms with Crippen molar-refractivity contribution >= 4 is 15.7 Å². The third-order valence-corrected chi connectivity index (χ3v) is 5.31. The molecule has 0 saturated carbocycles. The van der Waals surface area contributed by atoms with E-state index < -0.39 is 10.0 Å². The van der Waals surface area contributed by atoms with Crippen LogP contribution in [0, 0.1) is 0 Å². The van der Waals surface area contributed by atoms with E-state index in [9.17, 15) is 8.42 Å². The number of aromatic nitrogens is 2. The molecule has 8 heteroatoms. The van der Waals surface area contributed by atoms with E-state index in [4.69, 9.17) is 0 Å². The number of benzene rings is 1. The van der Waals surface area contributed by atoms with Crippen LogP contribution in [-0.2, 0) is 16.6 Å². The van der Waals surface area contributed by atoms with Crippen LogP contribution in [0.3, 0.4) is 0 Å². The normalized spacial score (nSPS) is 11.8. The molecule has 0 aliphatic heterocycles. The van der Waals surface area contributed by atoms with Crippen LogP contribution >= 0.6 is 0 Å². The Hall–Kier alpha value is -1.90. The lowest BCUT2D eigenvalue weighted by Crippen LogP contribution is -2.26. The first kappa shape index (κ1) is 19.4. The van der Waals surface area contributed by atoms with E-state index in [1.165, 1.54) is 0 Å². The largest absolute Gasteiger partial charge is 0.318 e. The molecule has 3 N–H and O–H groups in total. The van der Waals surface area contributed by atoms with Gasteiger partial charge in [0.2, 0.25) is 10.0 Å². The highest BCUT2D eigenvalue weighted by molar-refractivity contribution is 7.92. The number of nitrogens with zero attached hydrogens (tertiary/aromatic N) is 2. The van der Waals surface area contributed by atoms with Gasteiger partial charge in [0.1, 0.15) is 0 Å². The first-order chi connectivity index (χ1) is 11.9. The van der Waals surface area contributed by atoms with Gasteiger partial charge in [0, 0.05) is 36.4 Å². The summed E-state index contributed by atoms with van der Waals surface area (Å²) in [4.78, 5) is 2.22. The van der Waals surface area contributed by atoms with Gasteiger partial charge in [-0.25, -0.2) is 8.42 Å². The van der Waals surface area contributed by atoms with E-state index in [0.29, 0.717) is 12.1 Å². The molecule has 7 nitrogen and oxygen atoms in total. The number of hydrogen-bond acceptors (Lipinski definition) is 5. The Labute approximate surface area is 149 Å². The summed E-state index contributed by atoms with van der Waals surface area (Å²) in [5.74, 6) is 0.123. The number of likely N-dealkylation sites (N-methyl/N-ethyl adjacent to an activating group) is 2. The maximum Gasteiger partial charge on any atom is 0.232 e. The highest BCUT2D eigenvalue weighted by Crippen LogP contribution is 2.24. The number of H-pyrrole nitrogens is 1. The number of hydrogen-bond donors (Lipinski definition) is 3. The lowest BCUT2D eigenvalue weighted by Gasteiger charge is -2.16. The monoisotopic (exact) mass is 365 g/mol. The minimum atomic E-state index is -3.27. The summed E-state index contributed by atoms with van der Waals surface area (Å²) < 4.78 is 26.3. The van der Waals surface area contributed by atoms with Crippen molar-refractivity contribution in [3.63, 3.8) is 0 Å². The Morgan fingerprint density at radius 1 is 1.24 bits per heavy atom. The van der Waals surface area contributed by atoms with Gasteiger partial charge in [-0.05, 0) is 32.6 Å². The lowest BCUT2D eigenvalue weighted by molar-refractivity contribution is 0.328. The molecule has 138 valence electrons. The molecular formula is C17H27N5O2S. The van der Waals surface area contributed by atoms with E-state index >= 15 is 0 Å². The van der Waals surface area contributed by atoms with Gasteiger partial charge >= 0.3 is 0 Å². The Bertz CT molecular complexity index is 756. The average molecular weight is 366 g/mol. The predicted octanol–water partition coefficient (Wildman–Crippen LogP) is 1.88. The zero-order valence-electron chi connectivity index (χ0n) is 15.0. The van der Waals surface area contributed by atoms with Crippen LogP contribution in [0.25, 0.3) is 11.3 Å². The van der Waals surface area contributed by atoms with Gasteiger partial charge in [-0.3, -0.25) is 9.82 Å². The van der Waals surface area contributed by atoms with Crippen LogP contribution in [0.4, 0.5) is 5.69 Å². The summed E-state index contributed by atoms with van der Waals surface area (Å²) >= 11 is 0. The molecule has 0 saturated heterocycles. The molecule has 2 aromatic rings. The molecule has 0 fully saturated rings. The average Bonchev–Trinajstić information content (AvgIpc) is 3.01. The second-order valence-corrected chi connectivity index (χ2v) is 7.95. The van der Waals surface area contributed by atoms with Crippen LogP contribution in [0.2, 0.25) is 0 Å². The Morgan fingerprint density at radius 3 is 2.60 bits per heavy atom. The Balaban J connectivity index is 2.09. The zero-order chi connectivity index (χ0) is 18.3. The molecule has 0 amide bonds. The highest BCUT2D eigenvalue weighted by Gasteiger charge is 2.12. The molecular weight excluding hydrogens is 338 g/mol. The van der Waals surface area contributed by atoms with Gasteiger partial charge in [0.05, 0.1) is 17.6 Å². The zero-order valence-corrected chi connectivity index (χ0v) is 15.9. The number of rotatable bonds is 10. The molecule has 2 rings (SSSR count). The Morgan fingerprint density at radius 2 is 1.96 bits per heavy atom. The summed E-state index contributed by atoms with van der Waals surface area (Å²) in [6, 6.07) is 7.35. The first-order valence-electron chi connectivity index (χ1n) is 8.41. The van der Waals surface area contributed by atoms with Crippen LogP contribution in [-0.4, -0.2) is 56.5 Å².